The van der Waals surface area contributed by atoms with Gasteiger partial charge in [0.1, 0.15) is 5.02 Å². The number of rotatable bonds is 5. The molecule has 0 aromatic carbocycles. The molecule has 0 aliphatic carbocycles. The lowest BCUT2D eigenvalue weighted by molar-refractivity contribution is 0.607. The van der Waals surface area contributed by atoms with E-state index in [0.717, 1.165) is 0 Å². The lowest BCUT2D eigenvalue weighted by Crippen LogP contribution is -2.31. The summed E-state index contributed by atoms with van der Waals surface area (Å²) in [6.07, 6.45) is 1.70. The van der Waals surface area contributed by atoms with Crippen molar-refractivity contribution in [1.82, 2.24) is 9.97 Å². The molecule has 6 heteroatoms. The molecule has 1 N–H and O–H groups in total. The van der Waals surface area contributed by atoms with Crippen LogP contribution in [0.1, 0.15) is 20.3 Å². The molecule has 1 rings (SSSR count). The van der Waals surface area contributed by atoms with Crippen LogP contribution in [0.25, 0.3) is 0 Å². The summed E-state index contributed by atoms with van der Waals surface area (Å²) >= 11 is 5.92. The van der Waals surface area contributed by atoms with Gasteiger partial charge in [-0.3, -0.25) is 4.79 Å². The van der Waals surface area contributed by atoms with Crippen molar-refractivity contribution in [2.75, 3.05) is 18.0 Å². The molecular weight excluding hydrogens is 240 g/mol. The Labute approximate surface area is 105 Å². The summed E-state index contributed by atoms with van der Waals surface area (Å²) in [5.74, 6) is 0.838. The van der Waals surface area contributed by atoms with Crippen molar-refractivity contribution in [3.8, 4) is 6.07 Å². The highest BCUT2D eigenvalue weighted by atomic mass is 35.5. The fraction of sp³-hybridized carbons (Fsp3) is 0.545. The van der Waals surface area contributed by atoms with E-state index < -0.39 is 0 Å². The molecule has 0 aliphatic heterocycles. The maximum absolute atomic E-state index is 11.4. The fourth-order valence-corrected chi connectivity index (χ4v) is 1.73. The predicted molar refractivity (Wildman–Crippen MR) is 67.1 cm³/mol. The quantitative estimate of drug-likeness (QED) is 0.870. The van der Waals surface area contributed by atoms with Crippen molar-refractivity contribution in [2.45, 2.75) is 20.3 Å². The van der Waals surface area contributed by atoms with Crippen LogP contribution in [0.3, 0.4) is 0 Å². The third kappa shape index (κ3) is 3.75. The van der Waals surface area contributed by atoms with E-state index in [1.165, 1.54) is 6.33 Å². The number of aromatic amines is 1. The Balaban J connectivity index is 3.00. The van der Waals surface area contributed by atoms with Gasteiger partial charge < -0.3 is 9.88 Å². The first kappa shape index (κ1) is 13.5. The smallest absolute Gasteiger partial charge is 0.271 e. The zero-order chi connectivity index (χ0) is 12.8. The average Bonchev–Trinajstić information content (AvgIpc) is 2.28. The molecule has 1 aromatic rings. The van der Waals surface area contributed by atoms with Crippen molar-refractivity contribution >= 4 is 17.4 Å². The first-order valence-corrected chi connectivity index (χ1v) is 5.79. The molecule has 0 saturated heterocycles. The molecule has 5 nitrogen and oxygen atoms in total. The lowest BCUT2D eigenvalue weighted by Gasteiger charge is -2.24. The third-order valence-electron chi connectivity index (χ3n) is 2.16. The molecule has 0 unspecified atom stereocenters. The van der Waals surface area contributed by atoms with Gasteiger partial charge >= 0.3 is 0 Å². The molecule has 1 aromatic heterocycles. The van der Waals surface area contributed by atoms with Crippen LogP contribution in [0.15, 0.2) is 11.1 Å². The highest BCUT2D eigenvalue weighted by molar-refractivity contribution is 6.32. The van der Waals surface area contributed by atoms with E-state index in [4.69, 9.17) is 16.9 Å². The number of nitrogens with zero attached hydrogens (tertiary/aromatic N) is 3. The SMILES string of the molecule is CC(C)CN(CCC#N)c1nc[nH]c(=O)c1Cl. The maximum Gasteiger partial charge on any atom is 0.271 e. The van der Waals surface area contributed by atoms with Crippen molar-refractivity contribution < 1.29 is 0 Å². The van der Waals surface area contributed by atoms with E-state index >= 15 is 0 Å². The first-order chi connectivity index (χ1) is 8.06. The number of hydrogen-bond donors (Lipinski definition) is 1. The number of H-pyrrole nitrogens is 1. The van der Waals surface area contributed by atoms with Crippen LogP contribution in [0.5, 0.6) is 0 Å². The molecule has 0 spiro atoms. The van der Waals surface area contributed by atoms with E-state index in [9.17, 15) is 4.79 Å². The molecule has 0 fully saturated rings. The second-order valence-electron chi connectivity index (χ2n) is 4.12. The van der Waals surface area contributed by atoms with Gasteiger partial charge in [0.15, 0.2) is 5.82 Å². The van der Waals surface area contributed by atoms with E-state index in [2.05, 4.69) is 29.9 Å². The molecule has 0 atom stereocenters. The second kappa shape index (κ2) is 6.26. The van der Waals surface area contributed by atoms with Crippen LogP contribution in [-0.2, 0) is 0 Å². The van der Waals surface area contributed by atoms with E-state index in [1.807, 2.05) is 4.90 Å². The maximum atomic E-state index is 11.4. The Bertz CT molecular complexity index is 463. The van der Waals surface area contributed by atoms with Crippen molar-refractivity contribution in [2.24, 2.45) is 5.92 Å². The number of hydrogen-bond acceptors (Lipinski definition) is 4. The Morgan fingerprint density at radius 3 is 2.94 bits per heavy atom. The Hall–Kier alpha value is -1.54. The molecule has 17 heavy (non-hydrogen) atoms. The van der Waals surface area contributed by atoms with Crippen LogP contribution < -0.4 is 10.5 Å². The number of halogens is 1. The zero-order valence-corrected chi connectivity index (χ0v) is 10.7. The van der Waals surface area contributed by atoms with E-state index in [-0.39, 0.29) is 10.6 Å². The van der Waals surface area contributed by atoms with Gasteiger partial charge in [0, 0.05) is 13.1 Å². The van der Waals surface area contributed by atoms with Crippen molar-refractivity contribution in [3.05, 3.63) is 21.7 Å². The molecule has 0 aliphatic rings. The first-order valence-electron chi connectivity index (χ1n) is 5.41. The van der Waals surface area contributed by atoms with Gasteiger partial charge in [-0.2, -0.15) is 5.26 Å². The summed E-state index contributed by atoms with van der Waals surface area (Å²) in [5.41, 5.74) is -0.359. The molecule has 0 bridgehead atoms. The number of nitriles is 1. The normalized spacial score (nSPS) is 10.3. The number of nitrogens with one attached hydrogen (secondary N) is 1. The Morgan fingerprint density at radius 2 is 2.35 bits per heavy atom. The van der Waals surface area contributed by atoms with Gasteiger partial charge in [-0.05, 0) is 5.92 Å². The van der Waals surface area contributed by atoms with Crippen LogP contribution in [0, 0.1) is 17.2 Å². The summed E-state index contributed by atoms with van der Waals surface area (Å²) in [6, 6.07) is 2.08. The van der Waals surface area contributed by atoms with Crippen molar-refractivity contribution in [1.29, 1.82) is 5.26 Å². The molecule has 92 valence electrons. The van der Waals surface area contributed by atoms with Crippen LogP contribution in [-0.4, -0.2) is 23.1 Å². The summed E-state index contributed by atoms with van der Waals surface area (Å²) < 4.78 is 0. The van der Waals surface area contributed by atoms with Crippen LogP contribution in [0.2, 0.25) is 5.02 Å². The summed E-state index contributed by atoms with van der Waals surface area (Å²) in [7, 11) is 0. The Kier molecular flexibility index (Phi) is 4.98. The van der Waals surface area contributed by atoms with Crippen LogP contribution in [0.4, 0.5) is 5.82 Å². The highest BCUT2D eigenvalue weighted by Gasteiger charge is 2.15. The minimum Gasteiger partial charge on any atom is -0.354 e. The summed E-state index contributed by atoms with van der Waals surface area (Å²) in [5, 5.41) is 8.70. The molecular formula is C11H15ClN4O. The lowest BCUT2D eigenvalue weighted by atomic mass is 10.2. The summed E-state index contributed by atoms with van der Waals surface area (Å²) in [4.78, 5) is 19.7. The standard InChI is InChI=1S/C11H15ClN4O/c1-8(2)6-16(5-3-4-13)10-9(12)11(17)15-7-14-10/h7-8H,3,5-6H2,1-2H3,(H,14,15,17). The molecule has 0 saturated carbocycles. The molecule has 0 amide bonds. The number of aromatic nitrogens is 2. The zero-order valence-electron chi connectivity index (χ0n) is 9.90. The van der Waals surface area contributed by atoms with Crippen molar-refractivity contribution in [3.63, 3.8) is 0 Å². The van der Waals surface area contributed by atoms with E-state index in [1.54, 1.807) is 0 Å². The summed E-state index contributed by atoms with van der Waals surface area (Å²) in [6.45, 7) is 5.34. The second-order valence-corrected chi connectivity index (χ2v) is 4.50. The van der Waals surface area contributed by atoms with E-state index in [0.29, 0.717) is 31.2 Å². The minimum atomic E-state index is -0.359. The predicted octanol–water partition coefficient (Wildman–Crippen LogP) is 1.80. The third-order valence-corrected chi connectivity index (χ3v) is 2.50. The van der Waals surface area contributed by atoms with Gasteiger partial charge in [0.2, 0.25) is 0 Å². The Morgan fingerprint density at radius 1 is 1.65 bits per heavy atom. The van der Waals surface area contributed by atoms with Gasteiger partial charge in [0.25, 0.3) is 5.56 Å². The topological polar surface area (TPSA) is 72.8 Å². The van der Waals surface area contributed by atoms with Gasteiger partial charge in [-0.1, -0.05) is 25.4 Å². The van der Waals surface area contributed by atoms with Gasteiger partial charge in [0.05, 0.1) is 18.8 Å². The average molecular weight is 255 g/mol. The largest absolute Gasteiger partial charge is 0.354 e. The fourth-order valence-electron chi connectivity index (χ4n) is 1.50. The van der Waals surface area contributed by atoms with Gasteiger partial charge in [-0.25, -0.2) is 4.98 Å². The van der Waals surface area contributed by atoms with Gasteiger partial charge in [-0.15, -0.1) is 0 Å². The molecule has 0 radical (unpaired) electrons. The molecule has 1 heterocycles. The highest BCUT2D eigenvalue weighted by Crippen LogP contribution is 2.19. The number of anilines is 1. The monoisotopic (exact) mass is 254 g/mol. The minimum absolute atomic E-state index is 0.0751. The van der Waals surface area contributed by atoms with Crippen LogP contribution >= 0.6 is 11.6 Å².